The van der Waals surface area contributed by atoms with Crippen molar-refractivity contribution in [2.45, 2.75) is 44.8 Å². The number of carbonyl (C=O) groups is 1. The van der Waals surface area contributed by atoms with E-state index in [9.17, 15) is 4.79 Å². The maximum atomic E-state index is 12.2. The summed E-state index contributed by atoms with van der Waals surface area (Å²) in [4.78, 5) is 12.2. The molecule has 3 N–H and O–H groups in total. The molecular weight excluding hydrogens is 264 g/mol. The van der Waals surface area contributed by atoms with Gasteiger partial charge < -0.3 is 15.8 Å². The Labute approximate surface area is 127 Å². The van der Waals surface area contributed by atoms with Gasteiger partial charge in [-0.05, 0) is 43.7 Å². The molecule has 0 aliphatic heterocycles. The van der Waals surface area contributed by atoms with Crippen LogP contribution in [0.2, 0.25) is 0 Å². The molecule has 2 rings (SSSR count). The largest absolute Gasteiger partial charge is 0.380 e. The molecule has 1 aromatic rings. The Hall–Kier alpha value is -1.39. The molecule has 1 amide bonds. The Kier molecular flexibility index (Phi) is 5.76. The van der Waals surface area contributed by atoms with Gasteiger partial charge in [-0.2, -0.15) is 0 Å². The van der Waals surface area contributed by atoms with Crippen LogP contribution in [-0.4, -0.2) is 31.7 Å². The predicted octanol–water partition coefficient (Wildman–Crippen LogP) is 1.80. The smallest absolute Gasteiger partial charge is 0.223 e. The van der Waals surface area contributed by atoms with E-state index in [-0.39, 0.29) is 24.0 Å². The molecule has 0 bridgehead atoms. The number of carbonyl (C=O) groups excluding carboxylic acids is 1. The molecule has 3 atom stereocenters. The summed E-state index contributed by atoms with van der Waals surface area (Å²) >= 11 is 0. The standard InChI is InChI=1S/C17H26N2O2/c1-12-5-3-4-6-13(12)9-10-19-17(20)14-7-8-15(18)16(11-14)21-2/h3-6,14-16H,7-11,18H2,1-2H3,(H,19,20)/t14-,15+,16+/m0/s1. The van der Waals surface area contributed by atoms with Crippen LogP contribution in [0.15, 0.2) is 24.3 Å². The number of aryl methyl sites for hydroxylation is 1. The topological polar surface area (TPSA) is 64.3 Å². The molecule has 0 spiro atoms. The summed E-state index contributed by atoms with van der Waals surface area (Å²) in [6, 6.07) is 8.35. The van der Waals surface area contributed by atoms with Crippen LogP contribution in [0.3, 0.4) is 0 Å². The van der Waals surface area contributed by atoms with Crippen LogP contribution in [0, 0.1) is 12.8 Å². The Morgan fingerprint density at radius 3 is 2.86 bits per heavy atom. The van der Waals surface area contributed by atoms with Crippen molar-refractivity contribution in [3.8, 4) is 0 Å². The number of amides is 1. The summed E-state index contributed by atoms with van der Waals surface area (Å²) in [5.41, 5.74) is 8.55. The van der Waals surface area contributed by atoms with Crippen LogP contribution >= 0.6 is 0 Å². The second kappa shape index (κ2) is 7.57. The van der Waals surface area contributed by atoms with E-state index in [1.807, 2.05) is 12.1 Å². The number of ether oxygens (including phenoxy) is 1. The maximum Gasteiger partial charge on any atom is 0.223 e. The van der Waals surface area contributed by atoms with Gasteiger partial charge in [-0.15, -0.1) is 0 Å². The SMILES string of the molecule is CO[C@@H]1C[C@@H](C(=O)NCCc2ccccc2C)CC[C@H]1N. The Bertz CT molecular complexity index is 476. The monoisotopic (exact) mass is 290 g/mol. The van der Waals surface area contributed by atoms with Crippen molar-refractivity contribution in [3.05, 3.63) is 35.4 Å². The number of benzene rings is 1. The zero-order valence-electron chi connectivity index (χ0n) is 13.0. The van der Waals surface area contributed by atoms with Crippen LogP contribution in [-0.2, 0) is 16.0 Å². The first-order valence-electron chi connectivity index (χ1n) is 7.72. The van der Waals surface area contributed by atoms with Gasteiger partial charge in [0, 0.05) is 25.6 Å². The van der Waals surface area contributed by atoms with Crippen LogP contribution in [0.1, 0.15) is 30.4 Å². The minimum Gasteiger partial charge on any atom is -0.380 e. The van der Waals surface area contributed by atoms with Crippen molar-refractivity contribution in [2.24, 2.45) is 11.7 Å². The highest BCUT2D eigenvalue weighted by Crippen LogP contribution is 2.25. The Balaban J connectivity index is 1.78. The van der Waals surface area contributed by atoms with E-state index in [4.69, 9.17) is 10.5 Å². The lowest BCUT2D eigenvalue weighted by molar-refractivity contribution is -0.127. The molecule has 4 heteroatoms. The fourth-order valence-electron chi connectivity index (χ4n) is 3.02. The summed E-state index contributed by atoms with van der Waals surface area (Å²) in [7, 11) is 1.67. The van der Waals surface area contributed by atoms with Crippen molar-refractivity contribution in [1.29, 1.82) is 0 Å². The molecule has 21 heavy (non-hydrogen) atoms. The highest BCUT2D eigenvalue weighted by Gasteiger charge is 2.31. The van der Waals surface area contributed by atoms with Gasteiger partial charge >= 0.3 is 0 Å². The normalized spacial score (nSPS) is 25.6. The van der Waals surface area contributed by atoms with Gasteiger partial charge in [-0.25, -0.2) is 0 Å². The Morgan fingerprint density at radius 2 is 2.14 bits per heavy atom. The van der Waals surface area contributed by atoms with Gasteiger partial charge in [0.1, 0.15) is 0 Å². The van der Waals surface area contributed by atoms with Crippen molar-refractivity contribution in [1.82, 2.24) is 5.32 Å². The van der Waals surface area contributed by atoms with Crippen LogP contribution < -0.4 is 11.1 Å². The van der Waals surface area contributed by atoms with E-state index in [1.54, 1.807) is 7.11 Å². The van der Waals surface area contributed by atoms with E-state index in [1.165, 1.54) is 11.1 Å². The van der Waals surface area contributed by atoms with Crippen LogP contribution in [0.25, 0.3) is 0 Å². The van der Waals surface area contributed by atoms with Gasteiger partial charge in [0.2, 0.25) is 5.91 Å². The van der Waals surface area contributed by atoms with Gasteiger partial charge in [0.25, 0.3) is 0 Å². The van der Waals surface area contributed by atoms with Crippen LogP contribution in [0.4, 0.5) is 0 Å². The molecule has 1 aliphatic rings. The molecule has 1 aliphatic carbocycles. The van der Waals surface area contributed by atoms with E-state index >= 15 is 0 Å². The molecule has 0 unspecified atom stereocenters. The van der Waals surface area contributed by atoms with E-state index < -0.39 is 0 Å². The second-order valence-corrected chi connectivity index (χ2v) is 5.92. The maximum absolute atomic E-state index is 12.2. The fraction of sp³-hybridized carbons (Fsp3) is 0.588. The molecule has 0 heterocycles. The van der Waals surface area contributed by atoms with Crippen molar-refractivity contribution < 1.29 is 9.53 Å². The van der Waals surface area contributed by atoms with Gasteiger partial charge in [0.05, 0.1) is 6.10 Å². The third kappa shape index (κ3) is 4.29. The van der Waals surface area contributed by atoms with Crippen molar-refractivity contribution in [3.63, 3.8) is 0 Å². The molecule has 1 aromatic carbocycles. The van der Waals surface area contributed by atoms with Crippen molar-refractivity contribution in [2.75, 3.05) is 13.7 Å². The number of hydrogen-bond donors (Lipinski definition) is 2. The second-order valence-electron chi connectivity index (χ2n) is 5.92. The van der Waals surface area contributed by atoms with E-state index in [0.717, 1.165) is 25.7 Å². The lowest BCUT2D eigenvalue weighted by Gasteiger charge is -2.32. The van der Waals surface area contributed by atoms with Gasteiger partial charge in [-0.3, -0.25) is 4.79 Å². The number of hydrogen-bond acceptors (Lipinski definition) is 3. The molecule has 0 radical (unpaired) electrons. The average Bonchev–Trinajstić information content (AvgIpc) is 2.49. The predicted molar refractivity (Wildman–Crippen MR) is 84.0 cm³/mol. The summed E-state index contributed by atoms with van der Waals surface area (Å²) < 4.78 is 5.37. The van der Waals surface area contributed by atoms with Crippen molar-refractivity contribution >= 4 is 5.91 Å². The zero-order chi connectivity index (χ0) is 15.2. The summed E-state index contributed by atoms with van der Waals surface area (Å²) in [6.07, 6.45) is 3.32. The van der Waals surface area contributed by atoms with E-state index in [0.29, 0.717) is 6.54 Å². The minimum atomic E-state index is 0.00543. The zero-order valence-corrected chi connectivity index (χ0v) is 13.0. The number of methoxy groups -OCH3 is 1. The summed E-state index contributed by atoms with van der Waals surface area (Å²) in [6.45, 7) is 2.78. The molecule has 4 nitrogen and oxygen atoms in total. The number of nitrogens with two attached hydrogens (primary N) is 1. The molecule has 0 saturated heterocycles. The number of nitrogens with one attached hydrogen (secondary N) is 1. The first-order chi connectivity index (χ1) is 10.1. The first kappa shape index (κ1) is 16.0. The highest BCUT2D eigenvalue weighted by molar-refractivity contribution is 5.78. The third-order valence-corrected chi connectivity index (χ3v) is 4.47. The highest BCUT2D eigenvalue weighted by atomic mass is 16.5. The lowest BCUT2D eigenvalue weighted by Crippen LogP contribution is -2.45. The molecule has 1 fully saturated rings. The molecule has 116 valence electrons. The van der Waals surface area contributed by atoms with E-state index in [2.05, 4.69) is 24.4 Å². The summed E-state index contributed by atoms with van der Waals surface area (Å²) in [5.74, 6) is 0.171. The lowest BCUT2D eigenvalue weighted by atomic mass is 9.83. The van der Waals surface area contributed by atoms with Gasteiger partial charge in [0.15, 0.2) is 0 Å². The fourth-order valence-corrected chi connectivity index (χ4v) is 3.02. The molecule has 0 aromatic heterocycles. The van der Waals surface area contributed by atoms with Gasteiger partial charge in [-0.1, -0.05) is 24.3 Å². The molecular formula is C17H26N2O2. The molecule has 1 saturated carbocycles. The number of rotatable bonds is 5. The van der Waals surface area contributed by atoms with Crippen LogP contribution in [0.5, 0.6) is 0 Å². The third-order valence-electron chi connectivity index (χ3n) is 4.47. The first-order valence-corrected chi connectivity index (χ1v) is 7.72. The average molecular weight is 290 g/mol. The Morgan fingerprint density at radius 1 is 1.38 bits per heavy atom. The minimum absolute atomic E-state index is 0.00543. The summed E-state index contributed by atoms with van der Waals surface area (Å²) in [5, 5.41) is 3.05. The quantitative estimate of drug-likeness (QED) is 0.869.